The molecule has 1 aliphatic rings. The fourth-order valence-electron chi connectivity index (χ4n) is 4.79. The molecule has 1 aliphatic heterocycles. The number of ether oxygens (including phenoxy) is 3. The number of aromatic nitrogens is 1. The second-order valence-corrected chi connectivity index (χ2v) is 8.90. The number of piperidine rings is 1. The van der Waals surface area contributed by atoms with E-state index in [1.54, 1.807) is 7.11 Å². The topological polar surface area (TPSA) is 52.9 Å². The number of likely N-dealkylation sites (tertiary alicyclic amines) is 1. The van der Waals surface area contributed by atoms with E-state index < -0.39 is 0 Å². The van der Waals surface area contributed by atoms with E-state index >= 15 is 0 Å². The van der Waals surface area contributed by atoms with Crippen LogP contribution in [0.1, 0.15) is 54.2 Å². The van der Waals surface area contributed by atoms with Crippen LogP contribution in [0.25, 0.3) is 10.9 Å². The summed E-state index contributed by atoms with van der Waals surface area (Å²) in [6.07, 6.45) is 4.97. The molecule has 6 nitrogen and oxygen atoms in total. The van der Waals surface area contributed by atoms with Crippen molar-refractivity contribution in [3.8, 4) is 11.5 Å². The maximum Gasteiger partial charge on any atom is 0.340 e. The Bertz CT molecular complexity index is 1100. The lowest BCUT2D eigenvalue weighted by Gasteiger charge is -2.26. The van der Waals surface area contributed by atoms with Gasteiger partial charge in [-0.1, -0.05) is 18.6 Å². The first kappa shape index (κ1) is 24.1. The van der Waals surface area contributed by atoms with Crippen molar-refractivity contribution in [1.29, 1.82) is 0 Å². The zero-order valence-electron chi connectivity index (χ0n) is 20.6. The van der Waals surface area contributed by atoms with Crippen molar-refractivity contribution in [2.24, 2.45) is 0 Å². The number of methoxy groups -OCH3 is 1. The molecule has 2 aromatic carbocycles. The Morgan fingerprint density at radius 2 is 1.74 bits per heavy atom. The summed E-state index contributed by atoms with van der Waals surface area (Å²) in [5, 5.41) is 0.873. The first-order valence-electron chi connectivity index (χ1n) is 12.4. The molecular formula is C28H36N2O4. The number of carbonyl (C=O) groups is 1. The Morgan fingerprint density at radius 3 is 2.44 bits per heavy atom. The van der Waals surface area contributed by atoms with Gasteiger partial charge in [0, 0.05) is 29.7 Å². The molecule has 1 aromatic heterocycles. The van der Waals surface area contributed by atoms with Crippen LogP contribution in [0.4, 0.5) is 0 Å². The number of carbonyl (C=O) groups excluding carboxylic acids is 1. The second kappa shape index (κ2) is 11.4. The predicted molar refractivity (Wildman–Crippen MR) is 135 cm³/mol. The van der Waals surface area contributed by atoms with Crippen molar-refractivity contribution >= 4 is 16.9 Å². The molecule has 0 aliphatic carbocycles. The molecule has 1 fully saturated rings. The van der Waals surface area contributed by atoms with Crippen molar-refractivity contribution in [2.75, 3.05) is 40.0 Å². The molecule has 34 heavy (non-hydrogen) atoms. The lowest BCUT2D eigenvalue weighted by atomic mass is 10.1. The monoisotopic (exact) mass is 464 g/mol. The summed E-state index contributed by atoms with van der Waals surface area (Å²) < 4.78 is 18.9. The first-order valence-corrected chi connectivity index (χ1v) is 12.4. The average Bonchev–Trinajstić information content (AvgIpc) is 3.13. The van der Waals surface area contributed by atoms with Crippen LogP contribution in [0, 0.1) is 6.92 Å². The normalized spacial score (nSPS) is 14.3. The number of nitrogens with zero attached hydrogens (tertiary/aromatic N) is 2. The van der Waals surface area contributed by atoms with Crippen molar-refractivity contribution in [2.45, 2.75) is 46.1 Å². The van der Waals surface area contributed by atoms with Gasteiger partial charge in [0.2, 0.25) is 0 Å². The molecule has 0 bridgehead atoms. The van der Waals surface area contributed by atoms with Gasteiger partial charge in [0.1, 0.15) is 11.5 Å². The summed E-state index contributed by atoms with van der Waals surface area (Å²) >= 11 is 0. The molecule has 0 amide bonds. The second-order valence-electron chi connectivity index (χ2n) is 8.90. The Morgan fingerprint density at radius 1 is 1.00 bits per heavy atom. The van der Waals surface area contributed by atoms with E-state index in [2.05, 4.69) is 15.5 Å². The minimum atomic E-state index is -0.291. The lowest BCUT2D eigenvalue weighted by Crippen LogP contribution is -2.31. The minimum absolute atomic E-state index is 0.291. The van der Waals surface area contributed by atoms with Crippen LogP contribution in [0.5, 0.6) is 11.5 Å². The highest BCUT2D eigenvalue weighted by Crippen LogP contribution is 2.31. The van der Waals surface area contributed by atoms with E-state index in [1.165, 1.54) is 32.4 Å². The van der Waals surface area contributed by atoms with Crippen molar-refractivity contribution < 1.29 is 19.0 Å². The van der Waals surface area contributed by atoms with Gasteiger partial charge in [0.05, 0.1) is 25.9 Å². The summed E-state index contributed by atoms with van der Waals surface area (Å²) in [6, 6.07) is 14.1. The van der Waals surface area contributed by atoms with Crippen LogP contribution in [-0.4, -0.2) is 55.4 Å². The highest BCUT2D eigenvalue weighted by atomic mass is 16.5. The van der Waals surface area contributed by atoms with Crippen molar-refractivity contribution in [1.82, 2.24) is 9.47 Å². The lowest BCUT2D eigenvalue weighted by molar-refractivity contribution is 0.0527. The van der Waals surface area contributed by atoms with Gasteiger partial charge in [-0.15, -0.1) is 0 Å². The Balaban J connectivity index is 1.55. The van der Waals surface area contributed by atoms with E-state index in [0.29, 0.717) is 25.3 Å². The first-order chi connectivity index (χ1) is 16.6. The molecule has 0 atom stereocenters. The van der Waals surface area contributed by atoms with Gasteiger partial charge < -0.3 is 23.7 Å². The molecule has 0 unspecified atom stereocenters. The Hall–Kier alpha value is -2.99. The number of rotatable bonds is 10. The Labute approximate surface area is 202 Å². The molecule has 182 valence electrons. The third-order valence-corrected chi connectivity index (χ3v) is 6.61. The molecule has 0 saturated carbocycles. The van der Waals surface area contributed by atoms with Crippen molar-refractivity contribution in [3.63, 3.8) is 0 Å². The highest BCUT2D eigenvalue weighted by Gasteiger charge is 2.22. The van der Waals surface area contributed by atoms with Crippen LogP contribution >= 0.6 is 0 Å². The summed E-state index contributed by atoms with van der Waals surface area (Å²) in [4.78, 5) is 15.4. The average molecular weight is 465 g/mol. The maximum absolute atomic E-state index is 12.9. The van der Waals surface area contributed by atoms with Crippen LogP contribution in [0.3, 0.4) is 0 Å². The molecule has 1 saturated heterocycles. The van der Waals surface area contributed by atoms with Gasteiger partial charge in [-0.25, -0.2) is 4.79 Å². The zero-order chi connectivity index (χ0) is 23.9. The number of fused-ring (bicyclic) bond motifs is 1. The molecule has 0 spiro atoms. The van der Waals surface area contributed by atoms with Gasteiger partial charge in [-0.05, 0) is 82.1 Å². The summed E-state index contributed by atoms with van der Waals surface area (Å²) in [7, 11) is 1.66. The van der Waals surface area contributed by atoms with Crippen LogP contribution in [-0.2, 0) is 11.3 Å². The molecule has 6 heteroatoms. The van der Waals surface area contributed by atoms with Gasteiger partial charge in [-0.3, -0.25) is 0 Å². The van der Waals surface area contributed by atoms with E-state index in [9.17, 15) is 4.79 Å². The van der Waals surface area contributed by atoms with E-state index in [0.717, 1.165) is 46.6 Å². The standard InChI is InChI=1S/C28H36N2O4/c1-4-33-28(31)27-21(2)30(20-22-9-11-23(32-3)12-10-22)26-14-13-24(19-25(26)27)34-18-8-17-29-15-6-5-7-16-29/h9-14,19H,4-8,15-18,20H2,1-3H3. The summed E-state index contributed by atoms with van der Waals surface area (Å²) in [5.74, 6) is 1.33. The molecule has 3 aromatic rings. The minimum Gasteiger partial charge on any atom is -0.497 e. The van der Waals surface area contributed by atoms with E-state index in [-0.39, 0.29) is 5.97 Å². The maximum atomic E-state index is 12.9. The van der Waals surface area contributed by atoms with Crippen molar-refractivity contribution in [3.05, 3.63) is 59.3 Å². The number of hydrogen-bond acceptors (Lipinski definition) is 5. The fraction of sp³-hybridized carbons (Fsp3) is 0.464. The van der Waals surface area contributed by atoms with E-state index in [1.807, 2.05) is 50.2 Å². The van der Waals surface area contributed by atoms with E-state index in [4.69, 9.17) is 14.2 Å². The predicted octanol–water partition coefficient (Wildman–Crippen LogP) is 5.44. The Kier molecular flexibility index (Phi) is 8.12. The molecule has 4 rings (SSSR count). The number of benzene rings is 2. The van der Waals surface area contributed by atoms with Gasteiger partial charge >= 0.3 is 5.97 Å². The van der Waals surface area contributed by atoms with Crippen LogP contribution < -0.4 is 9.47 Å². The number of esters is 1. The molecular weight excluding hydrogens is 428 g/mol. The van der Waals surface area contributed by atoms with Gasteiger partial charge in [-0.2, -0.15) is 0 Å². The fourth-order valence-corrected chi connectivity index (χ4v) is 4.79. The van der Waals surface area contributed by atoms with Crippen LogP contribution in [0.2, 0.25) is 0 Å². The highest BCUT2D eigenvalue weighted by molar-refractivity contribution is 6.06. The third-order valence-electron chi connectivity index (χ3n) is 6.61. The molecule has 0 N–H and O–H groups in total. The molecule has 0 radical (unpaired) electrons. The van der Waals surface area contributed by atoms with Crippen LogP contribution in [0.15, 0.2) is 42.5 Å². The zero-order valence-corrected chi connectivity index (χ0v) is 20.6. The largest absolute Gasteiger partial charge is 0.497 e. The summed E-state index contributed by atoms with van der Waals surface area (Å²) in [5.41, 5.74) is 3.64. The summed E-state index contributed by atoms with van der Waals surface area (Å²) in [6.45, 7) is 8.97. The van der Waals surface area contributed by atoms with Gasteiger partial charge in [0.25, 0.3) is 0 Å². The smallest absolute Gasteiger partial charge is 0.340 e. The SMILES string of the molecule is CCOC(=O)c1c(C)n(Cc2ccc(OC)cc2)c2ccc(OCCCN3CCCCC3)cc12. The quantitative estimate of drug-likeness (QED) is 0.295. The number of hydrogen-bond donors (Lipinski definition) is 0. The molecule has 2 heterocycles. The third kappa shape index (κ3) is 5.55. The van der Waals surface area contributed by atoms with Gasteiger partial charge in [0.15, 0.2) is 0 Å².